The number of hydrogen-bond acceptors (Lipinski definition) is 3. The molecule has 0 radical (unpaired) electrons. The maximum absolute atomic E-state index is 3.75. The van der Waals surface area contributed by atoms with Crippen LogP contribution in [-0.4, -0.2) is 61.7 Å². The molecule has 0 saturated heterocycles. The first-order valence-corrected chi connectivity index (χ1v) is 9.30. The van der Waals surface area contributed by atoms with Crippen LogP contribution in [-0.2, 0) is 0 Å². The van der Waals surface area contributed by atoms with Gasteiger partial charge in [-0.15, -0.1) is 0 Å². The van der Waals surface area contributed by atoms with Crippen LogP contribution in [0.1, 0.15) is 60.8 Å². The molecule has 3 nitrogen and oxygen atoms in total. The quantitative estimate of drug-likeness (QED) is 0.530. The van der Waals surface area contributed by atoms with Gasteiger partial charge < -0.3 is 15.1 Å². The van der Waals surface area contributed by atoms with Crippen molar-refractivity contribution in [3.05, 3.63) is 0 Å². The smallest absolute Gasteiger partial charge is 0.0220 e. The van der Waals surface area contributed by atoms with Crippen LogP contribution in [0.4, 0.5) is 0 Å². The minimum absolute atomic E-state index is 0.642. The molecule has 0 aliphatic heterocycles. The summed E-state index contributed by atoms with van der Waals surface area (Å²) in [5.41, 5.74) is 0. The minimum Gasteiger partial charge on any atom is -0.312 e. The number of likely N-dealkylation sites (N-methyl/N-ethyl adjacent to an activating group) is 1. The summed E-state index contributed by atoms with van der Waals surface area (Å²) in [6.07, 6.45) is 3.77. The Bertz CT molecular complexity index is 217. The molecule has 3 heteroatoms. The van der Waals surface area contributed by atoms with E-state index in [1.165, 1.54) is 58.5 Å². The molecule has 0 bridgehead atoms. The highest BCUT2D eigenvalue weighted by Gasteiger charge is 2.17. The minimum atomic E-state index is 0.642. The molecule has 0 rings (SSSR count). The molecule has 1 N–H and O–H groups in total. The summed E-state index contributed by atoms with van der Waals surface area (Å²) < 4.78 is 0. The predicted molar refractivity (Wildman–Crippen MR) is 96.1 cm³/mol. The van der Waals surface area contributed by atoms with Gasteiger partial charge in [0.2, 0.25) is 0 Å². The summed E-state index contributed by atoms with van der Waals surface area (Å²) in [7, 11) is 0. The second-order valence-corrected chi connectivity index (χ2v) is 6.22. The van der Waals surface area contributed by atoms with Crippen molar-refractivity contribution in [3.63, 3.8) is 0 Å². The van der Waals surface area contributed by atoms with Crippen LogP contribution in [0.5, 0.6) is 0 Å². The Balaban J connectivity index is 4.22. The maximum Gasteiger partial charge on any atom is 0.0220 e. The molecule has 0 amide bonds. The van der Waals surface area contributed by atoms with Gasteiger partial charge in [0.05, 0.1) is 0 Å². The van der Waals surface area contributed by atoms with Crippen LogP contribution < -0.4 is 5.32 Å². The van der Waals surface area contributed by atoms with Gasteiger partial charge in [-0.2, -0.15) is 0 Å². The fraction of sp³-hybridized carbons (Fsp3) is 1.00. The average Bonchev–Trinajstić information content (AvgIpc) is 2.52. The fourth-order valence-electron chi connectivity index (χ4n) is 2.77. The molecule has 2 atom stereocenters. The Kier molecular flexibility index (Phi) is 13.5. The van der Waals surface area contributed by atoms with E-state index < -0.39 is 0 Å². The summed E-state index contributed by atoms with van der Waals surface area (Å²) in [6, 6.07) is 0.642. The first kappa shape index (κ1) is 20.9. The van der Waals surface area contributed by atoms with E-state index in [0.717, 1.165) is 12.5 Å². The van der Waals surface area contributed by atoms with Gasteiger partial charge in [0.1, 0.15) is 0 Å². The van der Waals surface area contributed by atoms with Gasteiger partial charge in [-0.1, -0.05) is 48.0 Å². The maximum atomic E-state index is 3.75. The Labute approximate surface area is 134 Å². The molecule has 0 aromatic rings. The predicted octanol–water partition coefficient (Wildman–Crippen LogP) is 3.45. The van der Waals surface area contributed by atoms with Crippen molar-refractivity contribution in [3.8, 4) is 0 Å². The zero-order chi connectivity index (χ0) is 16.1. The number of nitrogens with one attached hydrogen (secondary N) is 1. The van der Waals surface area contributed by atoms with E-state index in [1.54, 1.807) is 0 Å². The second-order valence-electron chi connectivity index (χ2n) is 6.22. The first-order valence-electron chi connectivity index (χ1n) is 9.30. The van der Waals surface area contributed by atoms with Gasteiger partial charge in [0, 0.05) is 12.6 Å². The molecule has 2 unspecified atom stereocenters. The van der Waals surface area contributed by atoms with Gasteiger partial charge in [-0.3, -0.25) is 0 Å². The summed E-state index contributed by atoms with van der Waals surface area (Å²) in [6.45, 7) is 22.1. The molecule has 0 aliphatic rings. The molecule has 0 saturated carbocycles. The third kappa shape index (κ3) is 9.49. The lowest BCUT2D eigenvalue weighted by atomic mass is 9.98. The Morgan fingerprint density at radius 3 is 1.90 bits per heavy atom. The number of rotatable bonds is 14. The van der Waals surface area contributed by atoms with Gasteiger partial charge in [-0.05, 0) is 58.0 Å². The lowest BCUT2D eigenvalue weighted by molar-refractivity contribution is 0.202. The first-order chi connectivity index (χ1) is 10.1. The van der Waals surface area contributed by atoms with Gasteiger partial charge in [0.25, 0.3) is 0 Å². The van der Waals surface area contributed by atoms with Crippen LogP contribution in [0.3, 0.4) is 0 Å². The normalized spacial score (nSPS) is 14.9. The Morgan fingerprint density at radius 2 is 1.43 bits per heavy atom. The largest absolute Gasteiger partial charge is 0.312 e. The van der Waals surface area contributed by atoms with E-state index in [-0.39, 0.29) is 0 Å². The van der Waals surface area contributed by atoms with Crippen LogP contribution >= 0.6 is 0 Å². The van der Waals surface area contributed by atoms with E-state index in [9.17, 15) is 0 Å². The molecule has 0 spiro atoms. The summed E-state index contributed by atoms with van der Waals surface area (Å²) in [5.74, 6) is 0.758. The zero-order valence-electron chi connectivity index (χ0n) is 15.6. The third-order valence-electron chi connectivity index (χ3n) is 4.73. The fourth-order valence-corrected chi connectivity index (χ4v) is 2.77. The Hall–Kier alpha value is -0.120. The molecule has 0 fully saturated rings. The van der Waals surface area contributed by atoms with Crippen molar-refractivity contribution < 1.29 is 0 Å². The van der Waals surface area contributed by atoms with E-state index in [0.29, 0.717) is 6.04 Å². The van der Waals surface area contributed by atoms with Crippen molar-refractivity contribution in [1.29, 1.82) is 0 Å². The lowest BCUT2D eigenvalue weighted by Crippen LogP contribution is -2.45. The molecule has 21 heavy (non-hydrogen) atoms. The Morgan fingerprint density at radius 1 is 0.857 bits per heavy atom. The SMILES string of the molecule is CCCNC(CN(CC)CCCN(CC)CC)C(C)CC. The highest BCUT2D eigenvalue weighted by molar-refractivity contribution is 4.76. The standard InChI is InChI=1S/C18H41N3/c1-7-13-19-18(17(6)8-2)16-21(11-5)15-12-14-20(9-3)10-4/h17-19H,7-16H2,1-6H3. The molecular formula is C18H41N3. The third-order valence-corrected chi connectivity index (χ3v) is 4.73. The van der Waals surface area contributed by atoms with Crippen molar-refractivity contribution in [1.82, 2.24) is 15.1 Å². The summed E-state index contributed by atoms with van der Waals surface area (Å²) >= 11 is 0. The summed E-state index contributed by atoms with van der Waals surface area (Å²) in [4.78, 5) is 5.15. The second kappa shape index (κ2) is 13.5. The molecule has 0 aromatic carbocycles. The topological polar surface area (TPSA) is 18.5 Å². The van der Waals surface area contributed by atoms with Crippen molar-refractivity contribution in [2.24, 2.45) is 5.92 Å². The van der Waals surface area contributed by atoms with Crippen LogP contribution in [0, 0.1) is 5.92 Å². The summed E-state index contributed by atoms with van der Waals surface area (Å²) in [5, 5.41) is 3.75. The van der Waals surface area contributed by atoms with E-state index in [4.69, 9.17) is 0 Å². The van der Waals surface area contributed by atoms with Gasteiger partial charge in [-0.25, -0.2) is 0 Å². The molecule has 128 valence electrons. The zero-order valence-corrected chi connectivity index (χ0v) is 15.6. The monoisotopic (exact) mass is 299 g/mol. The van der Waals surface area contributed by atoms with Crippen molar-refractivity contribution in [2.45, 2.75) is 66.8 Å². The van der Waals surface area contributed by atoms with E-state index >= 15 is 0 Å². The molecule has 0 heterocycles. The molecule has 0 aliphatic carbocycles. The molecule has 0 aromatic heterocycles. The number of hydrogen-bond donors (Lipinski definition) is 1. The van der Waals surface area contributed by atoms with Gasteiger partial charge >= 0.3 is 0 Å². The number of nitrogens with zero attached hydrogens (tertiary/aromatic N) is 2. The van der Waals surface area contributed by atoms with Crippen molar-refractivity contribution >= 4 is 0 Å². The lowest BCUT2D eigenvalue weighted by Gasteiger charge is -2.31. The van der Waals surface area contributed by atoms with Crippen molar-refractivity contribution in [2.75, 3.05) is 45.8 Å². The van der Waals surface area contributed by atoms with Crippen LogP contribution in [0.15, 0.2) is 0 Å². The average molecular weight is 300 g/mol. The van der Waals surface area contributed by atoms with E-state index in [2.05, 4.69) is 56.7 Å². The highest BCUT2D eigenvalue weighted by atomic mass is 15.2. The molecular weight excluding hydrogens is 258 g/mol. The van der Waals surface area contributed by atoms with Crippen LogP contribution in [0.2, 0.25) is 0 Å². The van der Waals surface area contributed by atoms with E-state index in [1.807, 2.05) is 0 Å². The van der Waals surface area contributed by atoms with Crippen LogP contribution in [0.25, 0.3) is 0 Å². The van der Waals surface area contributed by atoms with Gasteiger partial charge in [0.15, 0.2) is 0 Å². The highest BCUT2D eigenvalue weighted by Crippen LogP contribution is 2.10.